The Hall–Kier alpha value is -3.93. The van der Waals surface area contributed by atoms with Gasteiger partial charge in [-0.3, -0.25) is 14.9 Å². The summed E-state index contributed by atoms with van der Waals surface area (Å²) in [7, 11) is 0. The number of urea groups is 1. The number of rotatable bonds is 6. The van der Waals surface area contributed by atoms with E-state index in [1.165, 1.54) is 0 Å². The third-order valence-electron chi connectivity index (χ3n) is 6.19. The summed E-state index contributed by atoms with van der Waals surface area (Å²) in [4.78, 5) is 39.3. The number of anilines is 1. The standard InChI is InChI=1S/C27H27N3O3/c1-4-18(2)20-11-13-22(14-12-20)30-26(32)24(25(31)28-27(30)33)16-23-10-7-15-29(23)17-21-9-6-5-8-19(21)3/h5-16,18H,4,17H2,1-3H3,(H,28,31,33)/b24-16+. The summed E-state index contributed by atoms with van der Waals surface area (Å²) in [5.41, 5.74) is 4.49. The number of carbonyl (C=O) groups excluding carboxylic acids is 3. The van der Waals surface area contributed by atoms with Gasteiger partial charge in [0, 0.05) is 18.4 Å². The molecule has 1 unspecified atom stereocenters. The molecule has 1 aromatic heterocycles. The third-order valence-corrected chi connectivity index (χ3v) is 6.19. The van der Waals surface area contributed by atoms with E-state index in [0.29, 0.717) is 23.8 Å². The number of barbiturate groups is 1. The van der Waals surface area contributed by atoms with Crippen LogP contribution in [0, 0.1) is 6.92 Å². The van der Waals surface area contributed by atoms with Gasteiger partial charge in [-0.05, 0) is 66.3 Å². The van der Waals surface area contributed by atoms with Crippen molar-refractivity contribution in [2.45, 2.75) is 39.7 Å². The number of aromatic nitrogens is 1. The minimum Gasteiger partial charge on any atom is -0.344 e. The van der Waals surface area contributed by atoms with Crippen molar-refractivity contribution in [3.63, 3.8) is 0 Å². The van der Waals surface area contributed by atoms with Crippen molar-refractivity contribution in [3.05, 3.63) is 94.8 Å². The van der Waals surface area contributed by atoms with E-state index in [1.807, 2.05) is 66.2 Å². The predicted octanol–water partition coefficient (Wildman–Crippen LogP) is 5.02. The Kier molecular flexibility index (Phi) is 6.27. The van der Waals surface area contributed by atoms with Crippen molar-refractivity contribution >= 4 is 29.6 Å². The summed E-state index contributed by atoms with van der Waals surface area (Å²) in [6, 6.07) is 18.4. The lowest BCUT2D eigenvalue weighted by Gasteiger charge is -2.26. The van der Waals surface area contributed by atoms with Crippen molar-refractivity contribution in [3.8, 4) is 0 Å². The number of carbonyl (C=O) groups is 3. The SMILES string of the molecule is CCC(C)c1ccc(N2C(=O)NC(=O)/C(=C\c3cccn3Cc3ccccc3C)C2=O)cc1. The highest BCUT2D eigenvalue weighted by atomic mass is 16.2. The Morgan fingerprint density at radius 1 is 0.970 bits per heavy atom. The molecule has 0 radical (unpaired) electrons. The molecule has 1 fully saturated rings. The Labute approximate surface area is 193 Å². The van der Waals surface area contributed by atoms with E-state index in [0.717, 1.165) is 28.0 Å². The van der Waals surface area contributed by atoms with E-state index < -0.39 is 17.8 Å². The highest BCUT2D eigenvalue weighted by Gasteiger charge is 2.37. The molecule has 1 aliphatic rings. The number of imide groups is 2. The topological polar surface area (TPSA) is 71.4 Å². The monoisotopic (exact) mass is 441 g/mol. The van der Waals surface area contributed by atoms with Crippen molar-refractivity contribution in [1.29, 1.82) is 0 Å². The molecule has 4 amide bonds. The second kappa shape index (κ2) is 9.28. The first-order chi connectivity index (χ1) is 15.9. The molecule has 2 heterocycles. The van der Waals surface area contributed by atoms with Gasteiger partial charge in [-0.15, -0.1) is 0 Å². The molecule has 3 aromatic rings. The number of hydrogen-bond donors (Lipinski definition) is 1. The van der Waals surface area contributed by atoms with Gasteiger partial charge in [-0.25, -0.2) is 9.69 Å². The summed E-state index contributed by atoms with van der Waals surface area (Å²) in [6.45, 7) is 6.89. The fourth-order valence-electron chi connectivity index (χ4n) is 3.90. The zero-order valence-electron chi connectivity index (χ0n) is 19.0. The maximum absolute atomic E-state index is 13.2. The van der Waals surface area contributed by atoms with Crippen LogP contribution < -0.4 is 10.2 Å². The lowest BCUT2D eigenvalue weighted by molar-refractivity contribution is -0.122. The van der Waals surface area contributed by atoms with Gasteiger partial charge in [-0.2, -0.15) is 0 Å². The zero-order chi connectivity index (χ0) is 23.5. The zero-order valence-corrected chi connectivity index (χ0v) is 19.0. The van der Waals surface area contributed by atoms with E-state index in [9.17, 15) is 14.4 Å². The number of nitrogens with one attached hydrogen (secondary N) is 1. The minimum atomic E-state index is -0.742. The molecule has 0 saturated carbocycles. The van der Waals surface area contributed by atoms with Gasteiger partial charge in [0.15, 0.2) is 0 Å². The van der Waals surface area contributed by atoms with Gasteiger partial charge < -0.3 is 4.57 Å². The van der Waals surface area contributed by atoms with Crippen LogP contribution in [0.25, 0.3) is 6.08 Å². The molecule has 1 N–H and O–H groups in total. The molecule has 33 heavy (non-hydrogen) atoms. The first kappa shape index (κ1) is 22.3. The van der Waals surface area contributed by atoms with Gasteiger partial charge in [0.2, 0.25) is 0 Å². The van der Waals surface area contributed by atoms with Crippen molar-refractivity contribution < 1.29 is 14.4 Å². The van der Waals surface area contributed by atoms with E-state index in [2.05, 4.69) is 19.2 Å². The van der Waals surface area contributed by atoms with Gasteiger partial charge in [0.05, 0.1) is 5.69 Å². The highest BCUT2D eigenvalue weighted by molar-refractivity contribution is 6.39. The molecular weight excluding hydrogens is 414 g/mol. The second-order valence-corrected chi connectivity index (χ2v) is 8.35. The third kappa shape index (κ3) is 4.51. The molecule has 0 bridgehead atoms. The Morgan fingerprint density at radius 3 is 2.39 bits per heavy atom. The molecule has 0 aliphatic carbocycles. The first-order valence-electron chi connectivity index (χ1n) is 11.1. The minimum absolute atomic E-state index is 0.0784. The average Bonchev–Trinajstić information content (AvgIpc) is 3.24. The number of aryl methyl sites for hydroxylation is 1. The van der Waals surface area contributed by atoms with Crippen LogP contribution in [0.5, 0.6) is 0 Å². The van der Waals surface area contributed by atoms with Crippen LogP contribution in [0.15, 0.2) is 72.4 Å². The van der Waals surface area contributed by atoms with Crippen molar-refractivity contribution in [2.24, 2.45) is 0 Å². The number of hydrogen-bond acceptors (Lipinski definition) is 3. The van der Waals surface area contributed by atoms with Gasteiger partial charge in [0.25, 0.3) is 11.8 Å². The van der Waals surface area contributed by atoms with Crippen LogP contribution in [-0.2, 0) is 16.1 Å². The van der Waals surface area contributed by atoms with E-state index >= 15 is 0 Å². The summed E-state index contributed by atoms with van der Waals surface area (Å²) in [5.74, 6) is -0.951. The quantitative estimate of drug-likeness (QED) is 0.431. The fourth-order valence-corrected chi connectivity index (χ4v) is 3.90. The van der Waals surface area contributed by atoms with Gasteiger partial charge >= 0.3 is 6.03 Å². The van der Waals surface area contributed by atoms with Crippen molar-refractivity contribution in [1.82, 2.24) is 9.88 Å². The fraction of sp³-hybridized carbons (Fsp3) is 0.222. The maximum Gasteiger partial charge on any atom is 0.335 e. The Bertz CT molecular complexity index is 1240. The van der Waals surface area contributed by atoms with E-state index in [1.54, 1.807) is 18.2 Å². The second-order valence-electron chi connectivity index (χ2n) is 8.35. The van der Waals surface area contributed by atoms with E-state index in [-0.39, 0.29) is 5.57 Å². The van der Waals surface area contributed by atoms with Crippen LogP contribution in [0.1, 0.15) is 48.6 Å². The van der Waals surface area contributed by atoms with Crippen LogP contribution in [-0.4, -0.2) is 22.4 Å². The lowest BCUT2D eigenvalue weighted by atomic mass is 9.98. The number of benzene rings is 2. The van der Waals surface area contributed by atoms with E-state index in [4.69, 9.17) is 0 Å². The Balaban J connectivity index is 1.64. The summed E-state index contributed by atoms with van der Waals surface area (Å²) < 4.78 is 1.97. The van der Waals surface area contributed by atoms with Crippen molar-refractivity contribution in [2.75, 3.05) is 4.90 Å². The molecule has 1 atom stereocenters. The molecule has 1 saturated heterocycles. The first-order valence-corrected chi connectivity index (χ1v) is 11.1. The van der Waals surface area contributed by atoms with Crippen LogP contribution in [0.3, 0.4) is 0 Å². The van der Waals surface area contributed by atoms with Crippen LogP contribution in [0.2, 0.25) is 0 Å². The maximum atomic E-state index is 13.2. The lowest BCUT2D eigenvalue weighted by Crippen LogP contribution is -2.54. The molecule has 168 valence electrons. The molecule has 4 rings (SSSR count). The van der Waals surface area contributed by atoms with Gasteiger partial charge in [0.1, 0.15) is 5.57 Å². The Morgan fingerprint density at radius 2 is 1.70 bits per heavy atom. The van der Waals surface area contributed by atoms with Crippen LogP contribution in [0.4, 0.5) is 10.5 Å². The summed E-state index contributed by atoms with van der Waals surface area (Å²) >= 11 is 0. The largest absolute Gasteiger partial charge is 0.344 e. The van der Waals surface area contributed by atoms with Gasteiger partial charge in [-0.1, -0.05) is 50.2 Å². The molecule has 1 aliphatic heterocycles. The summed E-state index contributed by atoms with van der Waals surface area (Å²) in [6.07, 6.45) is 4.44. The molecule has 6 nitrogen and oxygen atoms in total. The number of nitrogens with zero attached hydrogens (tertiary/aromatic N) is 2. The average molecular weight is 442 g/mol. The predicted molar refractivity (Wildman–Crippen MR) is 129 cm³/mol. The van der Waals surface area contributed by atoms with Crippen LogP contribution >= 0.6 is 0 Å². The molecular formula is C27H27N3O3. The molecule has 2 aromatic carbocycles. The number of amides is 4. The normalized spacial score (nSPS) is 16.3. The highest BCUT2D eigenvalue weighted by Crippen LogP contribution is 2.26. The molecule has 0 spiro atoms. The summed E-state index contributed by atoms with van der Waals surface area (Å²) in [5, 5.41) is 2.30. The molecule has 6 heteroatoms. The smallest absolute Gasteiger partial charge is 0.335 e.